The average molecular weight is 294 g/mol. The Kier molecular flexibility index (Phi) is 4.52. The molecule has 0 aromatic heterocycles. The van der Waals surface area contributed by atoms with Crippen molar-refractivity contribution in [2.75, 3.05) is 25.1 Å². The maximum atomic E-state index is 13.7. The molecule has 1 N–H and O–H groups in total. The number of carbonyl (C=O) groups excluding carboxylic acids is 3. The summed E-state index contributed by atoms with van der Waals surface area (Å²) in [5.74, 6) is -2.63. The largest absolute Gasteiger partial charge is 0.455 e. The number of benzene rings is 1. The lowest BCUT2D eigenvalue weighted by molar-refractivity contribution is -0.152. The maximum Gasteiger partial charge on any atom is 0.311 e. The fraction of sp³-hybridized carbons (Fsp3) is 0.357. The third kappa shape index (κ3) is 3.36. The molecule has 0 saturated carbocycles. The molecule has 1 saturated heterocycles. The normalized spacial score (nSPS) is 17.7. The molecule has 0 radical (unpaired) electrons. The zero-order valence-electron chi connectivity index (χ0n) is 11.5. The molecule has 0 spiro atoms. The first-order valence-electron chi connectivity index (χ1n) is 6.45. The highest BCUT2D eigenvalue weighted by Gasteiger charge is 2.37. The van der Waals surface area contributed by atoms with Gasteiger partial charge in [-0.1, -0.05) is 12.1 Å². The van der Waals surface area contributed by atoms with Gasteiger partial charge in [0.1, 0.15) is 5.82 Å². The molecule has 2 amide bonds. The molecule has 0 bridgehead atoms. The van der Waals surface area contributed by atoms with E-state index in [1.165, 1.54) is 30.1 Å². The van der Waals surface area contributed by atoms with Crippen molar-refractivity contribution in [1.29, 1.82) is 0 Å². The average Bonchev–Trinajstić information content (AvgIpc) is 2.86. The molecule has 1 atom stereocenters. The third-order valence-electron chi connectivity index (χ3n) is 3.23. The summed E-state index contributed by atoms with van der Waals surface area (Å²) in [6.45, 7) is -0.341. The van der Waals surface area contributed by atoms with E-state index >= 15 is 0 Å². The fourth-order valence-corrected chi connectivity index (χ4v) is 2.10. The van der Waals surface area contributed by atoms with Gasteiger partial charge in [-0.15, -0.1) is 0 Å². The standard InChI is InChI=1S/C14H15FN2O4/c1-16-12(18)8-21-14(20)9-6-13(19)17(7-9)11-5-3-2-4-10(11)15/h2-5,9H,6-8H2,1H3,(H,16,18)/t9-/m0/s1. The van der Waals surface area contributed by atoms with Crippen molar-refractivity contribution in [2.24, 2.45) is 5.92 Å². The van der Waals surface area contributed by atoms with E-state index in [1.807, 2.05) is 0 Å². The van der Waals surface area contributed by atoms with E-state index in [-0.39, 0.29) is 31.2 Å². The quantitative estimate of drug-likeness (QED) is 0.819. The van der Waals surface area contributed by atoms with Gasteiger partial charge in [0.15, 0.2) is 6.61 Å². The number of nitrogens with zero attached hydrogens (tertiary/aromatic N) is 1. The van der Waals surface area contributed by atoms with Gasteiger partial charge in [0.2, 0.25) is 5.91 Å². The Morgan fingerprint density at radius 1 is 1.43 bits per heavy atom. The number of carbonyl (C=O) groups is 3. The number of likely N-dealkylation sites (N-methyl/N-ethyl adjacent to an activating group) is 1. The van der Waals surface area contributed by atoms with Crippen molar-refractivity contribution < 1.29 is 23.5 Å². The van der Waals surface area contributed by atoms with Crippen molar-refractivity contribution in [2.45, 2.75) is 6.42 Å². The number of esters is 1. The Bertz CT molecular complexity index is 576. The van der Waals surface area contributed by atoms with E-state index in [4.69, 9.17) is 4.74 Å². The summed E-state index contributed by atoms with van der Waals surface area (Å²) < 4.78 is 18.5. The van der Waals surface area contributed by atoms with E-state index in [0.29, 0.717) is 0 Å². The Balaban J connectivity index is 2.01. The zero-order valence-corrected chi connectivity index (χ0v) is 11.5. The summed E-state index contributed by atoms with van der Waals surface area (Å²) in [4.78, 5) is 35.9. The monoisotopic (exact) mass is 294 g/mol. The molecule has 1 aromatic carbocycles. The second-order valence-electron chi connectivity index (χ2n) is 4.64. The van der Waals surface area contributed by atoms with Crippen molar-refractivity contribution in [1.82, 2.24) is 5.32 Å². The lowest BCUT2D eigenvalue weighted by Gasteiger charge is -2.17. The first-order chi connectivity index (χ1) is 10.0. The smallest absolute Gasteiger partial charge is 0.311 e. The molecule has 1 aliphatic heterocycles. The minimum atomic E-state index is -0.693. The van der Waals surface area contributed by atoms with Gasteiger partial charge < -0.3 is 15.0 Å². The molecule has 0 aliphatic carbocycles. The summed E-state index contributed by atoms with van der Waals surface area (Å²) in [5.41, 5.74) is 0.143. The van der Waals surface area contributed by atoms with Gasteiger partial charge in [-0.25, -0.2) is 4.39 Å². The Morgan fingerprint density at radius 3 is 2.81 bits per heavy atom. The molecule has 21 heavy (non-hydrogen) atoms. The second-order valence-corrected chi connectivity index (χ2v) is 4.64. The Labute approximate surface area is 120 Å². The van der Waals surface area contributed by atoms with Crippen LogP contribution >= 0.6 is 0 Å². The zero-order chi connectivity index (χ0) is 15.4. The van der Waals surface area contributed by atoms with Crippen LogP contribution < -0.4 is 10.2 Å². The van der Waals surface area contributed by atoms with Crippen LogP contribution in [-0.4, -0.2) is 38.0 Å². The van der Waals surface area contributed by atoms with Crippen LogP contribution in [0.1, 0.15) is 6.42 Å². The number of amides is 2. The van der Waals surface area contributed by atoms with Crippen molar-refractivity contribution >= 4 is 23.5 Å². The number of anilines is 1. The summed E-state index contributed by atoms with van der Waals surface area (Å²) >= 11 is 0. The van der Waals surface area contributed by atoms with Crippen molar-refractivity contribution in [3.63, 3.8) is 0 Å². The Hall–Kier alpha value is -2.44. The fourth-order valence-electron chi connectivity index (χ4n) is 2.10. The van der Waals surface area contributed by atoms with E-state index in [0.717, 1.165) is 0 Å². The number of hydrogen-bond acceptors (Lipinski definition) is 4. The number of nitrogens with one attached hydrogen (secondary N) is 1. The minimum absolute atomic E-state index is 0.0480. The van der Waals surface area contributed by atoms with E-state index in [9.17, 15) is 18.8 Å². The van der Waals surface area contributed by atoms with E-state index < -0.39 is 23.6 Å². The lowest BCUT2D eigenvalue weighted by atomic mass is 10.1. The van der Waals surface area contributed by atoms with E-state index in [2.05, 4.69) is 5.32 Å². The van der Waals surface area contributed by atoms with Crippen molar-refractivity contribution in [3.8, 4) is 0 Å². The van der Waals surface area contributed by atoms with Crippen LogP contribution in [0, 0.1) is 11.7 Å². The molecule has 6 nitrogen and oxygen atoms in total. The topological polar surface area (TPSA) is 75.7 Å². The van der Waals surface area contributed by atoms with Crippen LogP contribution in [0.25, 0.3) is 0 Å². The summed E-state index contributed by atoms with van der Waals surface area (Å²) in [6, 6.07) is 5.86. The van der Waals surface area contributed by atoms with Gasteiger partial charge in [-0.05, 0) is 12.1 Å². The summed E-state index contributed by atoms with van der Waals surface area (Å²) in [7, 11) is 1.43. The van der Waals surface area contributed by atoms with Crippen LogP contribution in [0.4, 0.5) is 10.1 Å². The first-order valence-corrected chi connectivity index (χ1v) is 6.45. The molecule has 7 heteroatoms. The van der Waals surface area contributed by atoms with Crippen molar-refractivity contribution in [3.05, 3.63) is 30.1 Å². The van der Waals surface area contributed by atoms with Crippen LogP contribution in [0.3, 0.4) is 0 Å². The van der Waals surface area contributed by atoms with Gasteiger partial charge in [0.05, 0.1) is 11.6 Å². The number of ether oxygens (including phenoxy) is 1. The predicted octanol–water partition coefficient (Wildman–Crippen LogP) is 0.468. The third-order valence-corrected chi connectivity index (χ3v) is 3.23. The predicted molar refractivity (Wildman–Crippen MR) is 71.9 cm³/mol. The highest BCUT2D eigenvalue weighted by molar-refractivity contribution is 5.99. The van der Waals surface area contributed by atoms with Crippen LogP contribution in [0.5, 0.6) is 0 Å². The number of para-hydroxylation sites is 1. The second kappa shape index (κ2) is 6.34. The SMILES string of the molecule is CNC(=O)COC(=O)[C@H]1CC(=O)N(c2ccccc2F)C1. The molecule has 2 rings (SSSR count). The molecule has 112 valence electrons. The highest BCUT2D eigenvalue weighted by atomic mass is 19.1. The van der Waals surface area contributed by atoms with Gasteiger partial charge >= 0.3 is 5.97 Å². The highest BCUT2D eigenvalue weighted by Crippen LogP contribution is 2.27. The van der Waals surface area contributed by atoms with E-state index in [1.54, 1.807) is 6.07 Å². The van der Waals surface area contributed by atoms with Gasteiger partial charge in [0.25, 0.3) is 5.91 Å². The summed E-state index contributed by atoms with van der Waals surface area (Å²) in [6.07, 6.45) is -0.0547. The molecule has 1 aliphatic rings. The van der Waals surface area contributed by atoms with Gasteiger partial charge in [-0.2, -0.15) is 0 Å². The molecular weight excluding hydrogens is 279 g/mol. The van der Waals surface area contributed by atoms with Crippen LogP contribution in [0.15, 0.2) is 24.3 Å². The molecule has 1 heterocycles. The molecule has 1 fully saturated rings. The van der Waals surface area contributed by atoms with Gasteiger partial charge in [0, 0.05) is 20.0 Å². The number of rotatable bonds is 4. The number of hydrogen-bond donors (Lipinski definition) is 1. The molecular formula is C14H15FN2O4. The maximum absolute atomic E-state index is 13.7. The summed E-state index contributed by atoms with van der Waals surface area (Å²) in [5, 5.41) is 2.32. The molecule has 1 aromatic rings. The first kappa shape index (κ1) is 15.0. The lowest BCUT2D eigenvalue weighted by Crippen LogP contribution is -2.29. The van der Waals surface area contributed by atoms with Crippen LogP contribution in [-0.2, 0) is 19.1 Å². The minimum Gasteiger partial charge on any atom is -0.455 e. The van der Waals surface area contributed by atoms with Crippen LogP contribution in [0.2, 0.25) is 0 Å². The molecule has 0 unspecified atom stereocenters. The Morgan fingerprint density at radius 2 is 2.14 bits per heavy atom. The number of halogens is 1. The van der Waals surface area contributed by atoms with Gasteiger partial charge in [-0.3, -0.25) is 14.4 Å².